The molecule has 0 aliphatic carbocycles. The fraction of sp³-hybridized carbons (Fsp3) is 0.842. The SMILES string of the molecule is CCCCC/C=C/C(O)C(COC1OC(CO)C(O)C(O)C1O)NC(=O)CC. The Kier molecular flexibility index (Phi) is 11.8. The lowest BCUT2D eigenvalue weighted by Crippen LogP contribution is -2.60. The molecule has 1 fully saturated rings. The quantitative estimate of drug-likeness (QED) is 0.182. The Morgan fingerprint density at radius 3 is 2.50 bits per heavy atom. The van der Waals surface area contributed by atoms with Crippen LogP contribution >= 0.6 is 0 Å². The minimum absolute atomic E-state index is 0.200. The summed E-state index contributed by atoms with van der Waals surface area (Å²) in [6.45, 7) is 3.02. The number of amides is 1. The molecule has 164 valence electrons. The number of unbranched alkanes of at least 4 members (excludes halogenated alkanes) is 3. The minimum Gasteiger partial charge on any atom is -0.394 e. The second-order valence-electron chi connectivity index (χ2n) is 6.97. The van der Waals surface area contributed by atoms with Gasteiger partial charge in [0, 0.05) is 6.42 Å². The Hall–Kier alpha value is -1.07. The van der Waals surface area contributed by atoms with Crippen molar-refractivity contribution in [2.75, 3.05) is 13.2 Å². The van der Waals surface area contributed by atoms with E-state index in [2.05, 4.69) is 12.2 Å². The van der Waals surface area contributed by atoms with Gasteiger partial charge in [-0.2, -0.15) is 0 Å². The summed E-state index contributed by atoms with van der Waals surface area (Å²) in [6.07, 6.45) is -0.322. The first-order chi connectivity index (χ1) is 13.3. The molecule has 1 aliphatic heterocycles. The van der Waals surface area contributed by atoms with Gasteiger partial charge in [-0.05, 0) is 12.8 Å². The van der Waals surface area contributed by atoms with Gasteiger partial charge in [-0.15, -0.1) is 0 Å². The number of carbonyl (C=O) groups is 1. The van der Waals surface area contributed by atoms with Gasteiger partial charge in [0.15, 0.2) is 6.29 Å². The molecule has 0 bridgehead atoms. The highest BCUT2D eigenvalue weighted by Gasteiger charge is 2.44. The molecule has 7 unspecified atom stereocenters. The van der Waals surface area contributed by atoms with Gasteiger partial charge < -0.3 is 40.3 Å². The van der Waals surface area contributed by atoms with Crippen LogP contribution in [0.25, 0.3) is 0 Å². The molecule has 6 N–H and O–H groups in total. The molecule has 1 heterocycles. The molecule has 0 saturated carbocycles. The average molecular weight is 405 g/mol. The molecule has 0 aromatic heterocycles. The summed E-state index contributed by atoms with van der Waals surface area (Å²) in [6, 6.07) is -0.790. The zero-order valence-electron chi connectivity index (χ0n) is 16.6. The first kappa shape index (κ1) is 25.0. The van der Waals surface area contributed by atoms with Gasteiger partial charge in [0.1, 0.15) is 24.4 Å². The van der Waals surface area contributed by atoms with Gasteiger partial charge in [0.2, 0.25) is 5.91 Å². The first-order valence-electron chi connectivity index (χ1n) is 9.91. The first-order valence-corrected chi connectivity index (χ1v) is 9.91. The number of allylic oxidation sites excluding steroid dienone is 1. The Labute approximate surface area is 166 Å². The second-order valence-corrected chi connectivity index (χ2v) is 6.97. The highest BCUT2D eigenvalue weighted by atomic mass is 16.7. The van der Waals surface area contributed by atoms with E-state index in [0.29, 0.717) is 0 Å². The molecule has 7 atom stereocenters. The van der Waals surface area contributed by atoms with Crippen molar-refractivity contribution in [1.82, 2.24) is 5.32 Å². The van der Waals surface area contributed by atoms with Crippen LogP contribution in [0.5, 0.6) is 0 Å². The van der Waals surface area contributed by atoms with Gasteiger partial charge in [-0.1, -0.05) is 38.8 Å². The Balaban J connectivity index is 2.68. The topological polar surface area (TPSA) is 149 Å². The molecule has 0 aromatic rings. The third-order valence-electron chi connectivity index (χ3n) is 4.68. The summed E-state index contributed by atoms with van der Waals surface area (Å²) < 4.78 is 10.7. The van der Waals surface area contributed by atoms with Crippen molar-refractivity contribution in [1.29, 1.82) is 0 Å². The van der Waals surface area contributed by atoms with Crippen molar-refractivity contribution >= 4 is 5.91 Å². The van der Waals surface area contributed by atoms with Gasteiger partial charge in [0.05, 0.1) is 25.4 Å². The van der Waals surface area contributed by atoms with Crippen LogP contribution < -0.4 is 5.32 Å². The van der Waals surface area contributed by atoms with Crippen molar-refractivity contribution in [2.45, 2.75) is 88.8 Å². The summed E-state index contributed by atoms with van der Waals surface area (Å²) in [5.41, 5.74) is 0. The number of hydrogen-bond donors (Lipinski definition) is 6. The van der Waals surface area contributed by atoms with E-state index in [1.807, 2.05) is 6.08 Å². The fourth-order valence-corrected chi connectivity index (χ4v) is 2.82. The van der Waals surface area contributed by atoms with E-state index in [1.165, 1.54) is 0 Å². The molecule has 9 heteroatoms. The summed E-state index contributed by atoms with van der Waals surface area (Å²) in [5, 5.41) is 51.9. The number of nitrogens with one attached hydrogen (secondary N) is 1. The van der Waals surface area contributed by atoms with Crippen LogP contribution in [0.3, 0.4) is 0 Å². The number of carbonyl (C=O) groups excluding carboxylic acids is 1. The van der Waals surface area contributed by atoms with Crippen LogP contribution in [0.4, 0.5) is 0 Å². The number of rotatable bonds is 12. The number of aliphatic hydroxyl groups is 5. The molecule has 28 heavy (non-hydrogen) atoms. The Morgan fingerprint density at radius 1 is 1.18 bits per heavy atom. The van der Waals surface area contributed by atoms with Gasteiger partial charge in [-0.25, -0.2) is 0 Å². The van der Waals surface area contributed by atoms with E-state index < -0.39 is 49.5 Å². The average Bonchev–Trinajstić information content (AvgIpc) is 2.69. The molecule has 1 saturated heterocycles. The van der Waals surface area contributed by atoms with Gasteiger partial charge >= 0.3 is 0 Å². The predicted octanol–water partition coefficient (Wildman–Crippen LogP) is -0.805. The highest BCUT2D eigenvalue weighted by molar-refractivity contribution is 5.75. The summed E-state index contributed by atoms with van der Waals surface area (Å²) in [7, 11) is 0. The van der Waals surface area contributed by atoms with Gasteiger partial charge in [0.25, 0.3) is 0 Å². The van der Waals surface area contributed by atoms with Crippen molar-refractivity contribution in [3.63, 3.8) is 0 Å². The second kappa shape index (κ2) is 13.2. The molecular weight excluding hydrogens is 370 g/mol. The molecular formula is C19H35NO8. The monoisotopic (exact) mass is 405 g/mol. The van der Waals surface area contributed by atoms with Crippen molar-refractivity contribution in [3.8, 4) is 0 Å². The highest BCUT2D eigenvalue weighted by Crippen LogP contribution is 2.22. The Bertz CT molecular complexity index is 473. The maximum atomic E-state index is 11.8. The summed E-state index contributed by atoms with van der Waals surface area (Å²) >= 11 is 0. The number of hydrogen-bond acceptors (Lipinski definition) is 8. The van der Waals surface area contributed by atoms with Crippen molar-refractivity contribution < 1.29 is 39.8 Å². The van der Waals surface area contributed by atoms with Crippen molar-refractivity contribution in [3.05, 3.63) is 12.2 Å². The van der Waals surface area contributed by atoms with E-state index in [1.54, 1.807) is 13.0 Å². The van der Waals surface area contributed by atoms with Crippen LogP contribution in [0.2, 0.25) is 0 Å². The minimum atomic E-state index is -1.55. The van der Waals surface area contributed by atoms with E-state index in [-0.39, 0.29) is 18.9 Å². The Morgan fingerprint density at radius 2 is 1.89 bits per heavy atom. The lowest BCUT2D eigenvalue weighted by Gasteiger charge is -2.40. The molecule has 1 rings (SSSR count). The standard InChI is InChI=1S/C19H35NO8/c1-3-5-6-7-8-9-13(22)12(20-15(23)4-2)11-27-19-18(26)17(25)16(24)14(10-21)28-19/h8-9,12-14,16-19,21-22,24-26H,3-7,10-11H2,1-2H3,(H,20,23)/b9-8+. The molecule has 0 radical (unpaired) electrons. The van der Waals surface area contributed by atoms with Gasteiger partial charge in [-0.3, -0.25) is 4.79 Å². The van der Waals surface area contributed by atoms with E-state index in [4.69, 9.17) is 9.47 Å². The zero-order valence-corrected chi connectivity index (χ0v) is 16.6. The molecule has 1 amide bonds. The maximum Gasteiger partial charge on any atom is 0.220 e. The van der Waals surface area contributed by atoms with E-state index in [9.17, 15) is 30.3 Å². The zero-order chi connectivity index (χ0) is 21.1. The fourth-order valence-electron chi connectivity index (χ4n) is 2.82. The van der Waals surface area contributed by atoms with Crippen LogP contribution in [-0.4, -0.2) is 87.5 Å². The lowest BCUT2D eigenvalue weighted by atomic mass is 9.99. The summed E-state index contributed by atoms with van der Waals surface area (Å²) in [5.74, 6) is -0.277. The maximum absolute atomic E-state index is 11.8. The van der Waals surface area contributed by atoms with E-state index in [0.717, 1.165) is 25.7 Å². The number of aliphatic hydroxyl groups excluding tert-OH is 5. The van der Waals surface area contributed by atoms with Crippen LogP contribution in [0, 0.1) is 0 Å². The van der Waals surface area contributed by atoms with Crippen LogP contribution in [-0.2, 0) is 14.3 Å². The largest absolute Gasteiger partial charge is 0.394 e. The molecule has 0 spiro atoms. The third-order valence-corrected chi connectivity index (χ3v) is 4.68. The normalized spacial score (nSPS) is 30.3. The summed E-state index contributed by atoms with van der Waals surface area (Å²) in [4.78, 5) is 11.8. The van der Waals surface area contributed by atoms with Crippen LogP contribution in [0.1, 0.15) is 46.0 Å². The lowest BCUT2D eigenvalue weighted by molar-refractivity contribution is -0.302. The van der Waals surface area contributed by atoms with Crippen molar-refractivity contribution in [2.24, 2.45) is 0 Å². The molecule has 0 aromatic carbocycles. The smallest absolute Gasteiger partial charge is 0.220 e. The molecule has 1 aliphatic rings. The number of ether oxygens (including phenoxy) is 2. The third kappa shape index (κ3) is 7.75. The van der Waals surface area contributed by atoms with Crippen LogP contribution in [0.15, 0.2) is 12.2 Å². The predicted molar refractivity (Wildman–Crippen MR) is 101 cm³/mol. The molecule has 9 nitrogen and oxygen atoms in total. The van der Waals surface area contributed by atoms with E-state index >= 15 is 0 Å².